The number of hydrogen-bond donors (Lipinski definition) is 1. The van der Waals surface area contributed by atoms with E-state index in [1.165, 1.54) is 37.5 Å². The molecule has 0 amide bonds. The third kappa shape index (κ3) is 2.67. The van der Waals surface area contributed by atoms with Crippen LogP contribution < -0.4 is 0 Å². The fourth-order valence-electron chi connectivity index (χ4n) is 0.923. The zero-order valence-electron chi connectivity index (χ0n) is 7.64. The van der Waals surface area contributed by atoms with Crippen LogP contribution in [0.2, 0.25) is 0 Å². The van der Waals surface area contributed by atoms with Gasteiger partial charge in [0, 0.05) is 6.08 Å². The molecule has 1 rings (SSSR count). The topological polar surface area (TPSA) is 63.6 Å². The minimum Gasteiger partial charge on any atom is -0.466 e. The van der Waals surface area contributed by atoms with Crippen LogP contribution in [0.1, 0.15) is 0 Å². The standard InChI is InChI=1S/C10H10O4/c1-14-9(12)4-7-10(13)5-2-8(11)3-6-10/h2-7,13H,1H3/b7-4+. The van der Waals surface area contributed by atoms with Crippen molar-refractivity contribution in [2.45, 2.75) is 5.60 Å². The van der Waals surface area contributed by atoms with Gasteiger partial charge in [-0.2, -0.15) is 0 Å². The van der Waals surface area contributed by atoms with Crippen LogP contribution in [-0.2, 0) is 14.3 Å². The number of ketones is 1. The van der Waals surface area contributed by atoms with Gasteiger partial charge in [-0.3, -0.25) is 4.79 Å². The summed E-state index contributed by atoms with van der Waals surface area (Å²) < 4.78 is 4.36. The van der Waals surface area contributed by atoms with Crippen LogP contribution in [0.5, 0.6) is 0 Å². The molecule has 0 aromatic carbocycles. The predicted molar refractivity (Wildman–Crippen MR) is 49.4 cm³/mol. The molecule has 14 heavy (non-hydrogen) atoms. The average molecular weight is 194 g/mol. The maximum absolute atomic E-state index is 10.7. The van der Waals surface area contributed by atoms with Crippen molar-refractivity contribution in [2.24, 2.45) is 0 Å². The summed E-state index contributed by atoms with van der Waals surface area (Å²) in [6, 6.07) is 0. The Morgan fingerprint density at radius 3 is 2.57 bits per heavy atom. The van der Waals surface area contributed by atoms with Gasteiger partial charge in [-0.15, -0.1) is 0 Å². The number of carbonyl (C=O) groups is 2. The van der Waals surface area contributed by atoms with E-state index in [0.717, 1.165) is 6.08 Å². The van der Waals surface area contributed by atoms with Crippen LogP contribution in [0.15, 0.2) is 36.5 Å². The first-order valence-electron chi connectivity index (χ1n) is 3.98. The summed E-state index contributed by atoms with van der Waals surface area (Å²) in [6.45, 7) is 0. The quantitative estimate of drug-likeness (QED) is 0.501. The Hall–Kier alpha value is -1.68. The van der Waals surface area contributed by atoms with Crippen molar-refractivity contribution in [1.29, 1.82) is 0 Å². The van der Waals surface area contributed by atoms with Gasteiger partial charge in [-0.25, -0.2) is 4.79 Å². The van der Waals surface area contributed by atoms with E-state index in [4.69, 9.17) is 0 Å². The van der Waals surface area contributed by atoms with Crippen molar-refractivity contribution < 1.29 is 19.4 Å². The van der Waals surface area contributed by atoms with E-state index in [2.05, 4.69) is 4.74 Å². The Kier molecular flexibility index (Phi) is 2.99. The van der Waals surface area contributed by atoms with Gasteiger partial charge in [0.2, 0.25) is 0 Å². The molecule has 1 aliphatic rings. The Morgan fingerprint density at radius 2 is 2.07 bits per heavy atom. The van der Waals surface area contributed by atoms with E-state index in [1.54, 1.807) is 0 Å². The fourth-order valence-corrected chi connectivity index (χ4v) is 0.923. The van der Waals surface area contributed by atoms with Crippen molar-refractivity contribution in [3.63, 3.8) is 0 Å². The molecular formula is C10H10O4. The van der Waals surface area contributed by atoms with Gasteiger partial charge in [0.25, 0.3) is 0 Å². The minimum atomic E-state index is -1.37. The number of ether oxygens (including phenoxy) is 1. The Morgan fingerprint density at radius 1 is 1.50 bits per heavy atom. The largest absolute Gasteiger partial charge is 0.466 e. The van der Waals surface area contributed by atoms with Gasteiger partial charge < -0.3 is 9.84 Å². The number of aliphatic hydroxyl groups is 1. The molecule has 0 unspecified atom stereocenters. The predicted octanol–water partition coefficient (Wildman–Crippen LogP) is 0.142. The maximum atomic E-state index is 10.7. The first-order chi connectivity index (χ1) is 6.56. The first-order valence-corrected chi connectivity index (χ1v) is 3.98. The van der Waals surface area contributed by atoms with Gasteiger partial charge >= 0.3 is 5.97 Å². The first kappa shape index (κ1) is 10.4. The highest BCUT2D eigenvalue weighted by Crippen LogP contribution is 2.15. The molecular weight excluding hydrogens is 184 g/mol. The van der Waals surface area contributed by atoms with Crippen LogP contribution in [0, 0.1) is 0 Å². The minimum absolute atomic E-state index is 0.193. The number of methoxy groups -OCH3 is 1. The summed E-state index contributed by atoms with van der Waals surface area (Å²) in [5.74, 6) is -0.752. The van der Waals surface area contributed by atoms with Crippen LogP contribution in [-0.4, -0.2) is 29.6 Å². The molecule has 0 aliphatic heterocycles. The van der Waals surface area contributed by atoms with Gasteiger partial charge in [0.1, 0.15) is 5.60 Å². The second-order valence-electron chi connectivity index (χ2n) is 2.81. The number of rotatable bonds is 2. The molecule has 0 atom stereocenters. The van der Waals surface area contributed by atoms with Crippen LogP contribution in [0.3, 0.4) is 0 Å². The number of allylic oxidation sites excluding steroid dienone is 2. The maximum Gasteiger partial charge on any atom is 0.330 e. The van der Waals surface area contributed by atoms with E-state index in [-0.39, 0.29) is 5.78 Å². The van der Waals surface area contributed by atoms with E-state index >= 15 is 0 Å². The van der Waals surface area contributed by atoms with Crippen molar-refractivity contribution in [2.75, 3.05) is 7.11 Å². The number of carbonyl (C=O) groups excluding carboxylic acids is 2. The lowest BCUT2D eigenvalue weighted by molar-refractivity contribution is -0.134. The third-order valence-electron chi connectivity index (χ3n) is 1.72. The zero-order chi connectivity index (χ0) is 10.6. The van der Waals surface area contributed by atoms with Crippen molar-refractivity contribution in [1.82, 2.24) is 0 Å². The van der Waals surface area contributed by atoms with Crippen molar-refractivity contribution in [3.05, 3.63) is 36.5 Å². The molecule has 74 valence electrons. The van der Waals surface area contributed by atoms with Crippen molar-refractivity contribution in [3.8, 4) is 0 Å². The molecule has 1 N–H and O–H groups in total. The molecule has 0 heterocycles. The molecule has 0 spiro atoms. The molecule has 4 heteroatoms. The molecule has 0 aromatic rings. The second-order valence-corrected chi connectivity index (χ2v) is 2.81. The van der Waals surface area contributed by atoms with Gasteiger partial charge in [-0.05, 0) is 30.4 Å². The summed E-state index contributed by atoms with van der Waals surface area (Å²) in [6.07, 6.45) is 7.43. The summed E-state index contributed by atoms with van der Waals surface area (Å²) >= 11 is 0. The average Bonchev–Trinajstić information content (AvgIpc) is 2.20. The molecule has 0 saturated carbocycles. The lowest BCUT2D eigenvalue weighted by Crippen LogP contribution is -2.23. The number of hydrogen-bond acceptors (Lipinski definition) is 4. The monoisotopic (exact) mass is 194 g/mol. The van der Waals surface area contributed by atoms with E-state index in [9.17, 15) is 14.7 Å². The van der Waals surface area contributed by atoms with Gasteiger partial charge in [0.15, 0.2) is 5.78 Å². The van der Waals surface area contributed by atoms with Crippen LogP contribution in [0.4, 0.5) is 0 Å². The molecule has 0 fully saturated rings. The summed E-state index contributed by atoms with van der Waals surface area (Å²) in [5.41, 5.74) is -1.37. The van der Waals surface area contributed by atoms with Crippen LogP contribution >= 0.6 is 0 Å². The lowest BCUT2D eigenvalue weighted by atomic mass is 9.97. The van der Waals surface area contributed by atoms with E-state index in [1.807, 2.05) is 0 Å². The van der Waals surface area contributed by atoms with Crippen molar-refractivity contribution >= 4 is 11.8 Å². The highest BCUT2D eigenvalue weighted by atomic mass is 16.5. The molecule has 1 aliphatic carbocycles. The van der Waals surface area contributed by atoms with Gasteiger partial charge in [0.05, 0.1) is 7.11 Å². The summed E-state index contributed by atoms with van der Waals surface area (Å²) in [4.78, 5) is 21.5. The highest BCUT2D eigenvalue weighted by Gasteiger charge is 2.19. The SMILES string of the molecule is COC(=O)/C=C/C1(O)C=CC(=O)C=C1. The zero-order valence-corrected chi connectivity index (χ0v) is 7.64. The number of esters is 1. The second kappa shape index (κ2) is 4.02. The third-order valence-corrected chi connectivity index (χ3v) is 1.72. The smallest absolute Gasteiger partial charge is 0.330 e. The van der Waals surface area contributed by atoms with E-state index < -0.39 is 11.6 Å². The fraction of sp³-hybridized carbons (Fsp3) is 0.200. The lowest BCUT2D eigenvalue weighted by Gasteiger charge is -2.17. The Bertz CT molecular complexity index is 320. The molecule has 0 aromatic heterocycles. The highest BCUT2D eigenvalue weighted by molar-refractivity contribution is 6.00. The summed E-state index contributed by atoms with van der Waals surface area (Å²) in [5, 5.41) is 9.71. The van der Waals surface area contributed by atoms with Gasteiger partial charge in [-0.1, -0.05) is 0 Å². The van der Waals surface area contributed by atoms with E-state index in [0.29, 0.717) is 0 Å². The summed E-state index contributed by atoms with van der Waals surface area (Å²) in [7, 11) is 1.24. The molecule has 0 radical (unpaired) electrons. The molecule has 0 bridgehead atoms. The van der Waals surface area contributed by atoms with Crippen LogP contribution in [0.25, 0.3) is 0 Å². The molecule has 4 nitrogen and oxygen atoms in total. The Labute approximate surface area is 81.2 Å². The molecule has 0 saturated heterocycles. The Balaban J connectivity index is 2.73. The normalized spacial score (nSPS) is 18.9.